The van der Waals surface area contributed by atoms with Crippen LogP contribution in [-0.2, 0) is 4.74 Å². The van der Waals surface area contributed by atoms with Gasteiger partial charge in [-0.05, 0) is 0 Å². The quantitative estimate of drug-likeness (QED) is 0.477. The Balaban J connectivity index is 1.79. The van der Waals surface area contributed by atoms with Crippen molar-refractivity contribution in [3.63, 3.8) is 0 Å². The molecule has 2 fully saturated rings. The van der Waals surface area contributed by atoms with Gasteiger partial charge in [0.2, 0.25) is 0 Å². The van der Waals surface area contributed by atoms with Gasteiger partial charge in [0.1, 0.15) is 29.7 Å². The number of aliphatic hydroxyl groups excluding tert-OH is 3. The van der Waals surface area contributed by atoms with Crippen LogP contribution in [0.1, 0.15) is 12.6 Å². The molecule has 5 atom stereocenters. The maximum atomic E-state index is 10.1. The molecule has 1 saturated carbocycles. The number of nitrogen functional groups attached to an aromatic ring is 1. The van der Waals surface area contributed by atoms with E-state index in [-0.39, 0.29) is 5.82 Å². The summed E-state index contributed by atoms with van der Waals surface area (Å²) in [5, 5.41) is 29.8. The fourth-order valence-electron chi connectivity index (χ4n) is 2.77. The number of imidazole rings is 1. The first-order valence-corrected chi connectivity index (χ1v) is 6.19. The zero-order chi connectivity index (χ0) is 14.1. The first-order chi connectivity index (χ1) is 9.54. The van der Waals surface area contributed by atoms with Gasteiger partial charge in [-0.2, -0.15) is 0 Å². The Morgan fingerprint density at radius 1 is 1.30 bits per heavy atom. The van der Waals surface area contributed by atoms with E-state index >= 15 is 0 Å². The van der Waals surface area contributed by atoms with Gasteiger partial charge in [0.25, 0.3) is 0 Å². The highest BCUT2D eigenvalue weighted by molar-refractivity contribution is 5.81. The highest BCUT2D eigenvalue weighted by Gasteiger charge is 2.69. The van der Waals surface area contributed by atoms with Crippen LogP contribution >= 0.6 is 0 Å². The molecule has 2 aliphatic rings. The lowest BCUT2D eigenvalue weighted by Gasteiger charge is -2.16. The number of nitrogens with two attached hydrogens (primary N) is 1. The Morgan fingerprint density at radius 3 is 2.70 bits per heavy atom. The Bertz CT molecular complexity index is 691. The first-order valence-electron chi connectivity index (χ1n) is 6.19. The number of nitrogens with zero attached hydrogens (tertiary/aromatic N) is 4. The van der Waals surface area contributed by atoms with Crippen molar-refractivity contribution >= 4 is 17.0 Å². The van der Waals surface area contributed by atoms with Crippen molar-refractivity contribution in [1.82, 2.24) is 19.5 Å². The molecule has 1 spiro atoms. The van der Waals surface area contributed by atoms with E-state index in [0.717, 1.165) is 0 Å². The number of anilines is 1. The summed E-state index contributed by atoms with van der Waals surface area (Å²) in [5.41, 5.74) is 5.42. The maximum absolute atomic E-state index is 10.1. The molecule has 1 saturated heterocycles. The minimum Gasteiger partial charge on any atom is -0.390 e. The molecule has 3 heterocycles. The van der Waals surface area contributed by atoms with Gasteiger partial charge in [-0.25, -0.2) is 15.0 Å². The first kappa shape index (κ1) is 12.0. The lowest BCUT2D eigenvalue weighted by Crippen LogP contribution is -2.34. The lowest BCUT2D eigenvalue weighted by atomic mass is 10.1. The fraction of sp³-hybridized carbons (Fsp3) is 0.545. The van der Waals surface area contributed by atoms with Gasteiger partial charge >= 0.3 is 0 Å². The highest BCUT2D eigenvalue weighted by Crippen LogP contribution is 2.53. The van der Waals surface area contributed by atoms with E-state index in [1.54, 1.807) is 0 Å². The summed E-state index contributed by atoms with van der Waals surface area (Å²) in [6, 6.07) is 0. The Hall–Kier alpha value is -1.81. The van der Waals surface area contributed by atoms with Gasteiger partial charge in [-0.3, -0.25) is 4.57 Å². The van der Waals surface area contributed by atoms with Gasteiger partial charge in [-0.1, -0.05) is 0 Å². The monoisotopic (exact) mass is 279 g/mol. The molecule has 0 aromatic carbocycles. The average molecular weight is 279 g/mol. The van der Waals surface area contributed by atoms with Crippen molar-refractivity contribution in [2.75, 3.05) is 5.73 Å². The molecular formula is C11H13N5O4. The zero-order valence-electron chi connectivity index (χ0n) is 10.3. The molecular weight excluding hydrogens is 266 g/mol. The van der Waals surface area contributed by atoms with Crippen molar-refractivity contribution in [3.05, 3.63) is 12.7 Å². The van der Waals surface area contributed by atoms with Crippen LogP contribution in [0.4, 0.5) is 5.82 Å². The van der Waals surface area contributed by atoms with E-state index < -0.39 is 30.1 Å². The maximum Gasteiger partial charge on any atom is 0.167 e. The van der Waals surface area contributed by atoms with Crippen LogP contribution in [0.15, 0.2) is 12.7 Å². The molecule has 5 N–H and O–H groups in total. The molecule has 4 rings (SSSR count). The third-order valence-electron chi connectivity index (χ3n) is 4.03. The number of aromatic nitrogens is 4. The molecule has 0 bridgehead atoms. The van der Waals surface area contributed by atoms with E-state index in [9.17, 15) is 15.3 Å². The third-order valence-corrected chi connectivity index (χ3v) is 4.03. The second-order valence-corrected chi connectivity index (χ2v) is 5.20. The Morgan fingerprint density at radius 2 is 2.05 bits per heavy atom. The normalized spacial score (nSPS) is 39.8. The summed E-state index contributed by atoms with van der Waals surface area (Å²) in [5.74, 6) is 0.225. The molecule has 1 aliphatic heterocycles. The number of rotatable bonds is 1. The summed E-state index contributed by atoms with van der Waals surface area (Å²) in [4.78, 5) is 12.0. The van der Waals surface area contributed by atoms with Crippen LogP contribution in [0, 0.1) is 0 Å². The average Bonchev–Trinajstić information content (AvgIpc) is 2.80. The van der Waals surface area contributed by atoms with Crippen LogP contribution in [0.25, 0.3) is 11.2 Å². The minimum absolute atomic E-state index is 0.225. The minimum atomic E-state index is -1.18. The van der Waals surface area contributed by atoms with Crippen LogP contribution in [0.5, 0.6) is 0 Å². The second kappa shape index (κ2) is 3.64. The van der Waals surface area contributed by atoms with Crippen LogP contribution < -0.4 is 5.73 Å². The van der Waals surface area contributed by atoms with E-state index in [1.807, 2.05) is 0 Å². The molecule has 9 nitrogen and oxygen atoms in total. The summed E-state index contributed by atoms with van der Waals surface area (Å²) in [6.07, 6.45) is -0.974. The standard InChI is InChI=1S/C11H13N5O4/c12-8-5-9(14-2-13-8)16(3-15-5)10-6(18)7(19)11(20-10)1-4(11)17/h2-4,6-7,10,17-19H,1H2,(H2,12,13,14)/t4-,6+,7?,10?,11-/m1/s1. The van der Waals surface area contributed by atoms with Gasteiger partial charge in [0, 0.05) is 6.42 Å². The smallest absolute Gasteiger partial charge is 0.167 e. The summed E-state index contributed by atoms with van der Waals surface area (Å²) >= 11 is 0. The Kier molecular flexibility index (Phi) is 2.18. The number of ether oxygens (including phenoxy) is 1. The Labute approximate surface area is 112 Å². The molecule has 20 heavy (non-hydrogen) atoms. The molecule has 9 heteroatoms. The van der Waals surface area contributed by atoms with Crippen molar-refractivity contribution in [2.45, 2.75) is 36.6 Å². The van der Waals surface area contributed by atoms with Gasteiger partial charge < -0.3 is 25.8 Å². The third kappa shape index (κ3) is 1.32. The topological polar surface area (TPSA) is 140 Å². The molecule has 2 aromatic heterocycles. The van der Waals surface area contributed by atoms with E-state index in [1.165, 1.54) is 17.2 Å². The highest BCUT2D eigenvalue weighted by atomic mass is 16.6. The molecule has 0 amide bonds. The van der Waals surface area contributed by atoms with Gasteiger partial charge in [0.05, 0.1) is 12.4 Å². The fourth-order valence-corrected chi connectivity index (χ4v) is 2.77. The predicted octanol–water partition coefficient (Wildman–Crippen LogP) is -1.84. The van der Waals surface area contributed by atoms with Gasteiger partial charge in [0.15, 0.2) is 17.7 Å². The molecule has 2 aromatic rings. The van der Waals surface area contributed by atoms with Crippen molar-refractivity contribution < 1.29 is 20.1 Å². The van der Waals surface area contributed by atoms with Crippen molar-refractivity contribution in [1.29, 1.82) is 0 Å². The molecule has 106 valence electrons. The number of hydrogen-bond donors (Lipinski definition) is 4. The van der Waals surface area contributed by atoms with Gasteiger partial charge in [-0.15, -0.1) is 0 Å². The van der Waals surface area contributed by atoms with Crippen molar-refractivity contribution in [3.8, 4) is 0 Å². The van der Waals surface area contributed by atoms with E-state index in [0.29, 0.717) is 17.6 Å². The summed E-state index contributed by atoms with van der Waals surface area (Å²) in [7, 11) is 0. The van der Waals surface area contributed by atoms with E-state index in [2.05, 4.69) is 15.0 Å². The zero-order valence-corrected chi connectivity index (χ0v) is 10.3. The summed E-state index contributed by atoms with van der Waals surface area (Å²) < 4.78 is 7.15. The largest absolute Gasteiger partial charge is 0.390 e. The van der Waals surface area contributed by atoms with E-state index in [4.69, 9.17) is 10.5 Å². The molecule has 0 radical (unpaired) electrons. The molecule has 2 unspecified atom stereocenters. The number of aliphatic hydroxyl groups is 3. The summed E-state index contributed by atoms with van der Waals surface area (Å²) in [6.45, 7) is 0. The number of hydrogen-bond acceptors (Lipinski definition) is 8. The lowest BCUT2D eigenvalue weighted by molar-refractivity contribution is -0.0633. The SMILES string of the molecule is Nc1ncnc2c1ncn2C1O[C@@]2(C[C@H]2O)C(O)[C@@H]1O. The number of fused-ring (bicyclic) bond motifs is 1. The second-order valence-electron chi connectivity index (χ2n) is 5.20. The van der Waals surface area contributed by atoms with Crippen LogP contribution in [0.2, 0.25) is 0 Å². The van der Waals surface area contributed by atoms with Crippen LogP contribution in [0.3, 0.4) is 0 Å². The van der Waals surface area contributed by atoms with Crippen LogP contribution in [-0.4, -0.2) is 58.8 Å². The van der Waals surface area contributed by atoms with Crippen molar-refractivity contribution in [2.24, 2.45) is 0 Å². The predicted molar refractivity (Wildman–Crippen MR) is 65.2 cm³/mol. The molecule has 1 aliphatic carbocycles.